The van der Waals surface area contributed by atoms with E-state index in [4.69, 9.17) is 16.7 Å². The Morgan fingerprint density at radius 3 is 2.62 bits per heavy atom. The highest BCUT2D eigenvalue weighted by Crippen LogP contribution is 2.45. The van der Waals surface area contributed by atoms with Crippen LogP contribution in [0.1, 0.15) is 42.6 Å². The molecule has 1 saturated heterocycles. The number of likely N-dealkylation sites (tertiary alicyclic amines) is 1. The van der Waals surface area contributed by atoms with Gasteiger partial charge in [-0.05, 0) is 68.5 Å². The van der Waals surface area contributed by atoms with Crippen LogP contribution in [0, 0.1) is 13.8 Å². The van der Waals surface area contributed by atoms with E-state index in [1.807, 2.05) is 35.1 Å². The SMILES string of the molecule is C=CC(=O)N1CCC(n2nc(-c3ccc4c(c3)CCN4C(C)=O)c(-c3c(Cl)c(C)cc4[nH]ncc34)c2C)CC1. The molecule has 0 saturated carbocycles. The number of carbonyl (C=O) groups is 2. The zero-order chi connectivity index (χ0) is 27.4. The van der Waals surface area contributed by atoms with Crippen LogP contribution in [0.4, 0.5) is 5.69 Å². The molecule has 0 radical (unpaired) electrons. The first-order chi connectivity index (χ1) is 18.8. The molecule has 4 heterocycles. The third-order valence-electron chi connectivity index (χ3n) is 8.19. The van der Waals surface area contributed by atoms with Crippen molar-refractivity contribution in [2.75, 3.05) is 24.5 Å². The lowest BCUT2D eigenvalue weighted by Gasteiger charge is -2.32. The summed E-state index contributed by atoms with van der Waals surface area (Å²) in [6, 6.07) is 8.41. The summed E-state index contributed by atoms with van der Waals surface area (Å²) in [5.41, 5.74) is 8.77. The molecule has 0 aliphatic carbocycles. The van der Waals surface area contributed by atoms with Gasteiger partial charge in [0.15, 0.2) is 0 Å². The van der Waals surface area contributed by atoms with Crippen molar-refractivity contribution >= 4 is 40.0 Å². The van der Waals surface area contributed by atoms with Gasteiger partial charge >= 0.3 is 0 Å². The number of carbonyl (C=O) groups excluding carboxylic acids is 2. The van der Waals surface area contributed by atoms with Crippen molar-refractivity contribution in [1.29, 1.82) is 0 Å². The Morgan fingerprint density at radius 1 is 1.13 bits per heavy atom. The Hall–Kier alpha value is -3.91. The van der Waals surface area contributed by atoms with E-state index < -0.39 is 0 Å². The van der Waals surface area contributed by atoms with Crippen LogP contribution in [0.5, 0.6) is 0 Å². The molecule has 0 unspecified atom stereocenters. The number of nitrogens with one attached hydrogen (secondary N) is 1. The van der Waals surface area contributed by atoms with Gasteiger partial charge in [0.2, 0.25) is 11.8 Å². The summed E-state index contributed by atoms with van der Waals surface area (Å²) in [4.78, 5) is 28.0. The first kappa shape index (κ1) is 25.4. The maximum atomic E-state index is 12.2. The normalized spacial score (nSPS) is 15.7. The lowest BCUT2D eigenvalue weighted by Crippen LogP contribution is -2.38. The van der Waals surface area contributed by atoms with Crippen LogP contribution in [0.15, 0.2) is 43.1 Å². The van der Waals surface area contributed by atoms with Gasteiger partial charge < -0.3 is 9.80 Å². The third kappa shape index (κ3) is 4.14. The molecule has 2 aromatic heterocycles. The van der Waals surface area contributed by atoms with Crippen LogP contribution < -0.4 is 4.90 Å². The fourth-order valence-electron chi connectivity index (χ4n) is 6.16. The molecule has 6 rings (SSSR count). The maximum absolute atomic E-state index is 12.2. The number of amides is 2. The van der Waals surface area contributed by atoms with Crippen molar-refractivity contribution in [3.8, 4) is 22.4 Å². The van der Waals surface area contributed by atoms with Gasteiger partial charge in [0.05, 0.1) is 22.8 Å². The number of H-pyrrole nitrogens is 1. The van der Waals surface area contributed by atoms with Gasteiger partial charge in [-0.1, -0.05) is 24.2 Å². The summed E-state index contributed by atoms with van der Waals surface area (Å²) >= 11 is 7.03. The van der Waals surface area contributed by atoms with Crippen molar-refractivity contribution < 1.29 is 9.59 Å². The zero-order valence-electron chi connectivity index (χ0n) is 22.4. The highest BCUT2D eigenvalue weighted by molar-refractivity contribution is 6.36. The van der Waals surface area contributed by atoms with Crippen molar-refractivity contribution in [2.24, 2.45) is 0 Å². The number of halogens is 1. The molecule has 2 aliphatic rings. The number of anilines is 1. The molecular formula is C30H31ClN6O2. The van der Waals surface area contributed by atoms with E-state index in [1.54, 1.807) is 6.92 Å². The second-order valence-corrected chi connectivity index (χ2v) is 10.9. The van der Waals surface area contributed by atoms with Crippen LogP contribution in [-0.2, 0) is 16.0 Å². The van der Waals surface area contributed by atoms with Crippen molar-refractivity contribution in [3.63, 3.8) is 0 Å². The van der Waals surface area contributed by atoms with Gasteiger partial charge in [0, 0.05) is 60.0 Å². The molecule has 1 N–H and O–H groups in total. The molecule has 0 spiro atoms. The molecule has 0 atom stereocenters. The monoisotopic (exact) mass is 542 g/mol. The molecule has 39 heavy (non-hydrogen) atoms. The Labute approximate surface area is 232 Å². The quantitative estimate of drug-likeness (QED) is 0.339. The Bertz CT molecular complexity index is 1640. The van der Waals surface area contributed by atoms with Gasteiger partial charge in [0.25, 0.3) is 0 Å². The number of aryl methyl sites for hydroxylation is 1. The number of hydrogen-bond acceptors (Lipinski definition) is 4. The fourth-order valence-corrected chi connectivity index (χ4v) is 6.41. The molecule has 0 bridgehead atoms. The first-order valence-electron chi connectivity index (χ1n) is 13.3. The lowest BCUT2D eigenvalue weighted by molar-refractivity contribution is -0.127. The number of benzene rings is 2. The minimum atomic E-state index is -0.0290. The number of aromatic amines is 1. The minimum absolute atomic E-state index is 0.0290. The molecule has 8 nitrogen and oxygen atoms in total. The summed E-state index contributed by atoms with van der Waals surface area (Å²) in [6.07, 6.45) is 5.63. The summed E-state index contributed by atoms with van der Waals surface area (Å²) in [6.45, 7) is 11.4. The zero-order valence-corrected chi connectivity index (χ0v) is 23.2. The molecule has 2 aromatic carbocycles. The summed E-state index contributed by atoms with van der Waals surface area (Å²) < 4.78 is 2.13. The smallest absolute Gasteiger partial charge is 0.245 e. The standard InChI is InChI=1S/C30H31ClN6O2/c1-5-26(39)35-11-9-22(10-12-35)37-18(3)27(28-23-16-32-33-24(23)14-17(2)29(28)31)30(34-37)21-6-7-25-20(15-21)8-13-36(25)19(4)38/h5-7,14-16,22H,1,8-13H2,2-4H3,(H,32,33). The summed E-state index contributed by atoms with van der Waals surface area (Å²) in [7, 11) is 0. The predicted octanol–water partition coefficient (Wildman–Crippen LogP) is 5.62. The van der Waals surface area contributed by atoms with Crippen molar-refractivity contribution in [1.82, 2.24) is 24.9 Å². The van der Waals surface area contributed by atoms with E-state index in [1.165, 1.54) is 6.08 Å². The number of aromatic nitrogens is 4. The molecule has 4 aromatic rings. The second-order valence-electron chi connectivity index (χ2n) is 10.5. The van der Waals surface area contributed by atoms with Gasteiger partial charge in [-0.2, -0.15) is 10.2 Å². The molecule has 9 heteroatoms. The van der Waals surface area contributed by atoms with Gasteiger partial charge in [-0.15, -0.1) is 0 Å². The fraction of sp³-hybridized carbons (Fsp3) is 0.333. The molecule has 2 amide bonds. The van der Waals surface area contributed by atoms with Crippen LogP contribution in [0.3, 0.4) is 0 Å². The number of fused-ring (bicyclic) bond motifs is 2. The maximum Gasteiger partial charge on any atom is 0.245 e. The topological polar surface area (TPSA) is 87.1 Å². The van der Waals surface area contributed by atoms with Gasteiger partial charge in [-0.25, -0.2) is 0 Å². The van der Waals surface area contributed by atoms with E-state index in [0.717, 1.165) is 75.1 Å². The average molecular weight is 543 g/mol. The van der Waals surface area contributed by atoms with E-state index in [2.05, 4.69) is 40.5 Å². The van der Waals surface area contributed by atoms with E-state index >= 15 is 0 Å². The highest BCUT2D eigenvalue weighted by Gasteiger charge is 2.30. The minimum Gasteiger partial charge on any atom is -0.339 e. The summed E-state index contributed by atoms with van der Waals surface area (Å²) in [5.74, 6) is 0.0242. The third-order valence-corrected chi connectivity index (χ3v) is 8.68. The van der Waals surface area contributed by atoms with Gasteiger partial charge in [-0.3, -0.25) is 19.4 Å². The van der Waals surface area contributed by atoms with E-state index in [9.17, 15) is 9.59 Å². The van der Waals surface area contributed by atoms with E-state index in [-0.39, 0.29) is 17.9 Å². The Morgan fingerprint density at radius 2 is 1.90 bits per heavy atom. The number of hydrogen-bond donors (Lipinski definition) is 1. The van der Waals surface area contributed by atoms with Crippen LogP contribution in [-0.4, -0.2) is 56.3 Å². The number of nitrogens with zero attached hydrogens (tertiary/aromatic N) is 5. The van der Waals surface area contributed by atoms with Crippen LogP contribution in [0.2, 0.25) is 5.02 Å². The molecular weight excluding hydrogens is 512 g/mol. The molecule has 2 aliphatic heterocycles. The summed E-state index contributed by atoms with van der Waals surface area (Å²) in [5, 5.41) is 14.3. The Balaban J connectivity index is 1.52. The largest absolute Gasteiger partial charge is 0.339 e. The van der Waals surface area contributed by atoms with Crippen LogP contribution >= 0.6 is 11.6 Å². The number of piperidine rings is 1. The molecule has 200 valence electrons. The highest BCUT2D eigenvalue weighted by atomic mass is 35.5. The van der Waals surface area contributed by atoms with Gasteiger partial charge in [0.1, 0.15) is 5.69 Å². The Kier molecular flexibility index (Phi) is 6.30. The van der Waals surface area contributed by atoms with Crippen molar-refractivity contribution in [2.45, 2.75) is 46.1 Å². The average Bonchev–Trinajstić information content (AvgIpc) is 3.66. The van der Waals surface area contributed by atoms with Crippen LogP contribution in [0.25, 0.3) is 33.3 Å². The molecule has 1 fully saturated rings. The van der Waals surface area contributed by atoms with Crippen molar-refractivity contribution in [3.05, 3.63) is 65.0 Å². The predicted molar refractivity (Wildman–Crippen MR) is 154 cm³/mol. The van der Waals surface area contributed by atoms with E-state index in [0.29, 0.717) is 24.7 Å². The lowest BCUT2D eigenvalue weighted by atomic mass is 9.94. The second kappa shape index (κ2) is 9.68. The first-order valence-corrected chi connectivity index (χ1v) is 13.7. The number of rotatable bonds is 4.